The van der Waals surface area contributed by atoms with Crippen LogP contribution in [0.2, 0.25) is 0 Å². The van der Waals surface area contributed by atoms with Crippen LogP contribution in [0, 0.1) is 0 Å². The Morgan fingerprint density at radius 3 is 2.80 bits per heavy atom. The van der Waals surface area contributed by atoms with Gasteiger partial charge in [0.1, 0.15) is 10.4 Å². The number of nitrogen functional groups attached to an aromatic ring is 1. The minimum absolute atomic E-state index is 0.255. The summed E-state index contributed by atoms with van der Waals surface area (Å²) in [5, 5.41) is 10.8. The Kier molecular flexibility index (Phi) is 3.07. The molecule has 2 heterocycles. The van der Waals surface area contributed by atoms with E-state index in [1.54, 1.807) is 0 Å². The van der Waals surface area contributed by atoms with Gasteiger partial charge >= 0.3 is 0 Å². The highest BCUT2D eigenvalue weighted by Gasteiger charge is 2.15. The summed E-state index contributed by atoms with van der Waals surface area (Å²) in [6.45, 7) is 0. The molecule has 0 saturated heterocycles. The topological polar surface area (TPSA) is 102 Å². The van der Waals surface area contributed by atoms with Crippen molar-refractivity contribution in [1.29, 1.82) is 0 Å². The molecule has 0 atom stereocenters. The molecule has 0 aliphatic heterocycles. The number of hydrogen-bond donors (Lipinski definition) is 3. The largest absolute Gasteiger partial charge is 0.333 e. The molecule has 0 aliphatic rings. The van der Waals surface area contributed by atoms with Crippen LogP contribution in [-0.2, 0) is 0 Å². The second kappa shape index (κ2) is 4.89. The minimum Gasteiger partial charge on any atom is -0.333 e. The van der Waals surface area contributed by atoms with Crippen LogP contribution in [0.1, 0.15) is 0 Å². The van der Waals surface area contributed by atoms with Crippen molar-refractivity contribution in [2.75, 3.05) is 17.4 Å². The van der Waals surface area contributed by atoms with Gasteiger partial charge in [0.25, 0.3) is 5.56 Å². The predicted octanol–water partition coefficient (Wildman–Crippen LogP) is 1.30. The van der Waals surface area contributed by atoms with Gasteiger partial charge in [-0.25, -0.2) is 0 Å². The number of nitrogens with one attached hydrogen (secondary N) is 2. The van der Waals surface area contributed by atoms with Crippen molar-refractivity contribution in [3.05, 3.63) is 40.7 Å². The summed E-state index contributed by atoms with van der Waals surface area (Å²) in [5.74, 6) is 6.06. The summed E-state index contributed by atoms with van der Waals surface area (Å²) in [5.41, 5.74) is 0.869. The Labute approximate surface area is 118 Å². The lowest BCUT2D eigenvalue weighted by molar-refractivity contribution is 0.923. The third kappa shape index (κ3) is 1.99. The van der Waals surface area contributed by atoms with Crippen molar-refractivity contribution in [3.63, 3.8) is 0 Å². The Bertz CT molecular complexity index is 810. The zero-order valence-corrected chi connectivity index (χ0v) is 11.4. The molecule has 0 spiro atoms. The molecule has 20 heavy (non-hydrogen) atoms. The van der Waals surface area contributed by atoms with E-state index in [1.165, 1.54) is 11.8 Å². The average molecular weight is 288 g/mol. The minimum atomic E-state index is -0.341. The van der Waals surface area contributed by atoms with Crippen LogP contribution >= 0.6 is 11.8 Å². The number of anilines is 2. The van der Waals surface area contributed by atoms with Crippen molar-refractivity contribution in [2.24, 2.45) is 0 Å². The number of nitrogens with two attached hydrogens (primary N) is 1. The van der Waals surface area contributed by atoms with Gasteiger partial charge in [-0.05, 0) is 18.4 Å². The van der Waals surface area contributed by atoms with Crippen LogP contribution in [0.15, 0.2) is 40.2 Å². The molecule has 0 fully saturated rings. The smallest absolute Gasteiger partial charge is 0.285 e. The van der Waals surface area contributed by atoms with Crippen LogP contribution in [0.5, 0.6) is 0 Å². The maximum Gasteiger partial charge on any atom is 0.285 e. The number of H-pyrrole nitrogens is 1. The van der Waals surface area contributed by atoms with Gasteiger partial charge in [-0.3, -0.25) is 9.89 Å². The number of aromatic amines is 1. The number of thioether (sulfide) groups is 1. The molecule has 0 unspecified atom stereocenters. The average Bonchev–Trinajstić information content (AvgIpc) is 2.88. The van der Waals surface area contributed by atoms with Gasteiger partial charge in [0, 0.05) is 5.69 Å². The van der Waals surface area contributed by atoms with Crippen LogP contribution in [0.4, 0.5) is 11.6 Å². The molecule has 8 heteroatoms. The van der Waals surface area contributed by atoms with E-state index in [-0.39, 0.29) is 11.5 Å². The fourth-order valence-electron chi connectivity index (χ4n) is 1.85. The van der Waals surface area contributed by atoms with Crippen molar-refractivity contribution >= 4 is 34.4 Å². The summed E-state index contributed by atoms with van der Waals surface area (Å²) in [7, 11) is 0. The van der Waals surface area contributed by atoms with Gasteiger partial charge in [0.2, 0.25) is 5.95 Å². The maximum atomic E-state index is 12.3. The number of hydrogen-bond acceptors (Lipinski definition) is 6. The Hall–Kier alpha value is -2.48. The first-order valence-corrected chi connectivity index (χ1v) is 7.05. The SMILES string of the molecule is CSc1n[nH]c2nc(Nc3ccccc3)n(N)c(=O)c12. The third-order valence-electron chi connectivity index (χ3n) is 2.82. The summed E-state index contributed by atoms with van der Waals surface area (Å²) in [6.07, 6.45) is 1.84. The van der Waals surface area contributed by atoms with E-state index in [0.717, 1.165) is 10.4 Å². The van der Waals surface area contributed by atoms with Gasteiger partial charge in [-0.15, -0.1) is 11.8 Å². The number of benzene rings is 1. The fourth-order valence-corrected chi connectivity index (χ4v) is 2.38. The molecule has 0 saturated carbocycles. The van der Waals surface area contributed by atoms with Gasteiger partial charge in [-0.2, -0.15) is 14.8 Å². The molecule has 0 amide bonds. The first-order valence-electron chi connectivity index (χ1n) is 5.83. The van der Waals surface area contributed by atoms with Crippen molar-refractivity contribution in [1.82, 2.24) is 19.9 Å². The Morgan fingerprint density at radius 2 is 2.10 bits per heavy atom. The van der Waals surface area contributed by atoms with E-state index < -0.39 is 0 Å². The van der Waals surface area contributed by atoms with Gasteiger partial charge in [0.15, 0.2) is 5.65 Å². The molecule has 3 rings (SSSR count). The van der Waals surface area contributed by atoms with Gasteiger partial charge in [0.05, 0.1) is 0 Å². The summed E-state index contributed by atoms with van der Waals surface area (Å²) >= 11 is 1.37. The number of nitrogens with zero attached hydrogens (tertiary/aromatic N) is 3. The van der Waals surface area contributed by atoms with Crippen LogP contribution in [0.3, 0.4) is 0 Å². The molecule has 0 aliphatic carbocycles. The van der Waals surface area contributed by atoms with Gasteiger partial charge in [-0.1, -0.05) is 18.2 Å². The van der Waals surface area contributed by atoms with Crippen molar-refractivity contribution in [3.8, 4) is 0 Å². The zero-order valence-electron chi connectivity index (χ0n) is 10.6. The Morgan fingerprint density at radius 1 is 1.35 bits per heavy atom. The lowest BCUT2D eigenvalue weighted by atomic mass is 10.3. The maximum absolute atomic E-state index is 12.3. The third-order valence-corrected chi connectivity index (χ3v) is 3.50. The summed E-state index contributed by atoms with van der Waals surface area (Å²) < 4.78 is 0.991. The second-order valence-corrected chi connectivity index (χ2v) is 4.85. The number of aromatic nitrogens is 4. The lowest BCUT2D eigenvalue weighted by Crippen LogP contribution is -2.30. The molecule has 0 radical (unpaired) electrons. The molecular weight excluding hydrogens is 276 g/mol. The number of rotatable bonds is 3. The summed E-state index contributed by atoms with van der Waals surface area (Å²) in [4.78, 5) is 16.6. The van der Waals surface area contributed by atoms with Crippen molar-refractivity contribution in [2.45, 2.75) is 5.03 Å². The first-order chi connectivity index (χ1) is 9.70. The fraction of sp³-hybridized carbons (Fsp3) is 0.0833. The molecule has 102 valence electrons. The molecule has 1 aromatic carbocycles. The monoisotopic (exact) mass is 288 g/mol. The van der Waals surface area contributed by atoms with Gasteiger partial charge < -0.3 is 11.2 Å². The Balaban J connectivity index is 2.13. The number of para-hydroxylation sites is 1. The van der Waals surface area contributed by atoms with Crippen molar-refractivity contribution < 1.29 is 0 Å². The first kappa shape index (κ1) is 12.5. The van der Waals surface area contributed by atoms with E-state index in [1.807, 2.05) is 36.6 Å². The molecule has 3 aromatic rings. The highest BCUT2D eigenvalue weighted by atomic mass is 32.2. The molecule has 4 N–H and O–H groups in total. The predicted molar refractivity (Wildman–Crippen MR) is 79.8 cm³/mol. The van der Waals surface area contributed by atoms with E-state index in [9.17, 15) is 4.79 Å². The van der Waals surface area contributed by atoms with Crippen LogP contribution in [-0.4, -0.2) is 26.1 Å². The summed E-state index contributed by atoms with van der Waals surface area (Å²) in [6, 6.07) is 9.37. The molecule has 0 bridgehead atoms. The van der Waals surface area contributed by atoms with E-state index in [2.05, 4.69) is 20.5 Å². The molecule has 2 aromatic heterocycles. The zero-order chi connectivity index (χ0) is 14.1. The quantitative estimate of drug-likeness (QED) is 0.496. The standard InChI is InChI=1S/C12H12N6OS/c1-20-10-8-9(16-17-10)15-12(18(13)11(8)19)14-7-5-3-2-4-6-7/h2-6H,13H2,1H3,(H2,14,15,16,17). The van der Waals surface area contributed by atoms with E-state index in [4.69, 9.17) is 5.84 Å². The van der Waals surface area contributed by atoms with E-state index >= 15 is 0 Å². The molecule has 7 nitrogen and oxygen atoms in total. The number of fused-ring (bicyclic) bond motifs is 1. The lowest BCUT2D eigenvalue weighted by Gasteiger charge is -2.09. The highest BCUT2D eigenvalue weighted by Crippen LogP contribution is 2.20. The van der Waals surface area contributed by atoms with Crippen LogP contribution < -0.4 is 16.7 Å². The molecular formula is C12H12N6OS. The van der Waals surface area contributed by atoms with Crippen LogP contribution in [0.25, 0.3) is 11.0 Å². The normalized spacial score (nSPS) is 10.8. The second-order valence-electron chi connectivity index (χ2n) is 4.06. The highest BCUT2D eigenvalue weighted by molar-refractivity contribution is 7.98. The van der Waals surface area contributed by atoms with E-state index in [0.29, 0.717) is 16.1 Å².